The number of benzene rings is 2. The summed E-state index contributed by atoms with van der Waals surface area (Å²) >= 11 is 0. The number of rotatable bonds is 7. The van der Waals surface area contributed by atoms with Crippen molar-refractivity contribution < 1.29 is 14.3 Å². The molecule has 0 unspecified atom stereocenters. The first-order valence-electron chi connectivity index (χ1n) is 9.16. The van der Waals surface area contributed by atoms with Crippen LogP contribution in [0.4, 0.5) is 0 Å². The zero-order valence-corrected chi connectivity index (χ0v) is 15.9. The van der Waals surface area contributed by atoms with Gasteiger partial charge in [-0.1, -0.05) is 48.5 Å². The van der Waals surface area contributed by atoms with Gasteiger partial charge in [0.1, 0.15) is 0 Å². The summed E-state index contributed by atoms with van der Waals surface area (Å²) in [7, 11) is 0. The van der Waals surface area contributed by atoms with Crippen molar-refractivity contribution in [2.75, 3.05) is 19.7 Å². The Morgan fingerprint density at radius 3 is 2.18 bits per heavy atom. The molecule has 1 amide bonds. The van der Waals surface area contributed by atoms with E-state index in [1.165, 1.54) is 0 Å². The van der Waals surface area contributed by atoms with Crippen molar-refractivity contribution in [3.8, 4) is 17.1 Å². The van der Waals surface area contributed by atoms with E-state index < -0.39 is 5.97 Å². The van der Waals surface area contributed by atoms with Gasteiger partial charge < -0.3 is 9.64 Å². The van der Waals surface area contributed by atoms with E-state index in [-0.39, 0.29) is 18.3 Å². The van der Waals surface area contributed by atoms with E-state index >= 15 is 0 Å². The topological polar surface area (TPSA) is 77.3 Å². The molecule has 0 saturated heterocycles. The summed E-state index contributed by atoms with van der Waals surface area (Å²) in [5, 5.41) is 4.33. The highest BCUT2D eigenvalue weighted by molar-refractivity contribution is 5.88. The quantitative estimate of drug-likeness (QED) is 0.591. The number of amides is 1. The largest absolute Gasteiger partial charge is 0.450 e. The van der Waals surface area contributed by atoms with Crippen LogP contribution in [-0.2, 0) is 9.53 Å². The Morgan fingerprint density at radius 2 is 1.57 bits per heavy atom. The maximum Gasteiger partial charge on any atom is 0.378 e. The first-order chi connectivity index (χ1) is 13.6. The minimum absolute atomic E-state index is 0.0879. The number of carbonyl (C=O) groups excluding carboxylic acids is 2. The number of hydrogen-bond acceptors (Lipinski definition) is 5. The van der Waals surface area contributed by atoms with Crippen molar-refractivity contribution in [1.82, 2.24) is 19.7 Å². The van der Waals surface area contributed by atoms with E-state index in [1.54, 1.807) is 9.58 Å². The Morgan fingerprint density at radius 1 is 0.964 bits per heavy atom. The van der Waals surface area contributed by atoms with E-state index in [2.05, 4.69) is 10.1 Å². The SMILES string of the molecule is CCN(CC)C(=O)COC(=O)c1nc(-c2ccccc2)n(-c2ccccc2)n1. The maximum absolute atomic E-state index is 12.4. The lowest BCUT2D eigenvalue weighted by molar-refractivity contribution is -0.134. The molecule has 0 atom stereocenters. The van der Waals surface area contributed by atoms with E-state index in [1.807, 2.05) is 74.5 Å². The lowest BCUT2D eigenvalue weighted by Crippen LogP contribution is -2.34. The Balaban J connectivity index is 1.87. The van der Waals surface area contributed by atoms with Gasteiger partial charge in [-0.05, 0) is 26.0 Å². The third-order valence-electron chi connectivity index (χ3n) is 4.27. The zero-order valence-electron chi connectivity index (χ0n) is 15.9. The molecule has 0 aliphatic heterocycles. The number of esters is 1. The molecule has 0 spiro atoms. The number of likely N-dealkylation sites (N-methyl/N-ethyl adjacent to an activating group) is 1. The van der Waals surface area contributed by atoms with Crippen LogP contribution in [0.1, 0.15) is 24.5 Å². The molecule has 7 heteroatoms. The second kappa shape index (κ2) is 8.94. The second-order valence-corrected chi connectivity index (χ2v) is 6.01. The van der Waals surface area contributed by atoms with Crippen LogP contribution in [-0.4, -0.2) is 51.2 Å². The van der Waals surface area contributed by atoms with Gasteiger partial charge in [0.15, 0.2) is 12.4 Å². The van der Waals surface area contributed by atoms with Crippen molar-refractivity contribution in [2.45, 2.75) is 13.8 Å². The molecule has 0 aliphatic rings. The first-order valence-corrected chi connectivity index (χ1v) is 9.16. The third-order valence-corrected chi connectivity index (χ3v) is 4.27. The second-order valence-electron chi connectivity index (χ2n) is 6.01. The van der Waals surface area contributed by atoms with Gasteiger partial charge in [-0.3, -0.25) is 4.79 Å². The summed E-state index contributed by atoms with van der Waals surface area (Å²) in [4.78, 5) is 30.5. The average molecular weight is 378 g/mol. The Kier molecular flexibility index (Phi) is 6.16. The van der Waals surface area contributed by atoms with E-state index in [4.69, 9.17) is 4.74 Å². The zero-order chi connectivity index (χ0) is 19.9. The molecule has 3 aromatic rings. The van der Waals surface area contributed by atoms with Crippen molar-refractivity contribution in [1.29, 1.82) is 0 Å². The van der Waals surface area contributed by atoms with Crippen LogP contribution in [0.15, 0.2) is 60.7 Å². The fraction of sp³-hybridized carbons (Fsp3) is 0.238. The summed E-state index contributed by atoms with van der Waals surface area (Å²) in [6.45, 7) is 4.54. The maximum atomic E-state index is 12.4. The Labute approximate surface area is 163 Å². The Hall–Kier alpha value is -3.48. The molecular formula is C21H22N4O3. The van der Waals surface area contributed by atoms with E-state index in [9.17, 15) is 9.59 Å². The van der Waals surface area contributed by atoms with Crippen molar-refractivity contribution >= 4 is 11.9 Å². The fourth-order valence-corrected chi connectivity index (χ4v) is 2.78. The molecule has 1 heterocycles. The lowest BCUT2D eigenvalue weighted by atomic mass is 10.2. The van der Waals surface area contributed by atoms with Crippen LogP contribution in [0.3, 0.4) is 0 Å². The first kappa shape index (κ1) is 19.3. The van der Waals surface area contributed by atoms with Gasteiger partial charge in [0, 0.05) is 18.7 Å². The summed E-state index contributed by atoms with van der Waals surface area (Å²) in [6.07, 6.45) is 0. The molecule has 2 aromatic carbocycles. The highest BCUT2D eigenvalue weighted by Crippen LogP contribution is 2.21. The van der Waals surface area contributed by atoms with Gasteiger partial charge in [0.2, 0.25) is 0 Å². The fourth-order valence-electron chi connectivity index (χ4n) is 2.78. The molecule has 144 valence electrons. The predicted octanol–water partition coefficient (Wildman–Crippen LogP) is 2.96. The molecular weight excluding hydrogens is 356 g/mol. The summed E-state index contributed by atoms with van der Waals surface area (Å²) < 4.78 is 6.74. The molecule has 0 saturated carbocycles. The van der Waals surface area contributed by atoms with Crippen LogP contribution in [0, 0.1) is 0 Å². The minimum Gasteiger partial charge on any atom is -0.450 e. The number of carbonyl (C=O) groups is 2. The smallest absolute Gasteiger partial charge is 0.378 e. The molecule has 0 radical (unpaired) electrons. The van der Waals surface area contributed by atoms with Crippen LogP contribution >= 0.6 is 0 Å². The number of hydrogen-bond donors (Lipinski definition) is 0. The molecule has 28 heavy (non-hydrogen) atoms. The van der Waals surface area contributed by atoms with Crippen LogP contribution in [0.5, 0.6) is 0 Å². The summed E-state index contributed by atoms with van der Waals surface area (Å²) in [6, 6.07) is 18.9. The lowest BCUT2D eigenvalue weighted by Gasteiger charge is -2.17. The molecule has 1 aromatic heterocycles. The van der Waals surface area contributed by atoms with Gasteiger partial charge in [0.25, 0.3) is 11.7 Å². The van der Waals surface area contributed by atoms with E-state index in [0.717, 1.165) is 11.3 Å². The number of para-hydroxylation sites is 1. The monoisotopic (exact) mass is 378 g/mol. The highest BCUT2D eigenvalue weighted by atomic mass is 16.5. The van der Waals surface area contributed by atoms with Gasteiger partial charge in [0.05, 0.1) is 5.69 Å². The van der Waals surface area contributed by atoms with Gasteiger partial charge in [-0.25, -0.2) is 14.5 Å². The van der Waals surface area contributed by atoms with Crippen molar-refractivity contribution in [2.24, 2.45) is 0 Å². The van der Waals surface area contributed by atoms with Crippen LogP contribution in [0.25, 0.3) is 17.1 Å². The molecule has 0 bridgehead atoms. The molecule has 0 N–H and O–H groups in total. The number of aromatic nitrogens is 3. The minimum atomic E-state index is -0.729. The van der Waals surface area contributed by atoms with Gasteiger partial charge in [-0.2, -0.15) is 0 Å². The Bertz CT molecular complexity index is 878. The highest BCUT2D eigenvalue weighted by Gasteiger charge is 2.21. The van der Waals surface area contributed by atoms with Crippen LogP contribution < -0.4 is 0 Å². The molecule has 7 nitrogen and oxygen atoms in total. The van der Waals surface area contributed by atoms with Crippen molar-refractivity contribution in [3.63, 3.8) is 0 Å². The molecule has 0 fully saturated rings. The summed E-state index contributed by atoms with van der Waals surface area (Å²) in [5.74, 6) is -0.541. The van der Waals surface area contributed by atoms with Crippen LogP contribution in [0.2, 0.25) is 0 Å². The molecule has 0 aliphatic carbocycles. The number of ether oxygens (including phenoxy) is 1. The van der Waals surface area contributed by atoms with Crippen molar-refractivity contribution in [3.05, 3.63) is 66.5 Å². The number of nitrogens with zero attached hydrogens (tertiary/aromatic N) is 4. The predicted molar refractivity (Wildman–Crippen MR) is 105 cm³/mol. The van der Waals surface area contributed by atoms with E-state index in [0.29, 0.717) is 18.9 Å². The standard InChI is InChI=1S/C21H22N4O3/c1-3-24(4-2)18(26)15-28-21(27)19-22-20(16-11-7-5-8-12-16)25(23-19)17-13-9-6-10-14-17/h5-14H,3-4,15H2,1-2H3. The third kappa shape index (κ3) is 4.25. The molecule has 3 rings (SSSR count). The summed E-state index contributed by atoms with van der Waals surface area (Å²) in [5.41, 5.74) is 1.59. The van der Waals surface area contributed by atoms with Gasteiger partial charge >= 0.3 is 5.97 Å². The van der Waals surface area contributed by atoms with Gasteiger partial charge in [-0.15, -0.1) is 5.10 Å². The average Bonchev–Trinajstić information content (AvgIpc) is 3.20. The normalized spacial score (nSPS) is 10.5.